The van der Waals surface area contributed by atoms with Gasteiger partial charge in [0.25, 0.3) is 18.3 Å². The number of hydrogen-bond acceptors (Lipinski definition) is 16. The summed E-state index contributed by atoms with van der Waals surface area (Å²) in [6, 6.07) is 1.08. The van der Waals surface area contributed by atoms with Gasteiger partial charge in [-0.15, -0.1) is 0 Å². The first kappa shape index (κ1) is 113. The van der Waals surface area contributed by atoms with E-state index in [-0.39, 0.29) is 110 Å². The van der Waals surface area contributed by atoms with Crippen molar-refractivity contribution < 1.29 is 86.7 Å². The Morgan fingerprint density at radius 2 is 0.611 bits per heavy atom. The molecule has 3 aliphatic carbocycles. The van der Waals surface area contributed by atoms with E-state index in [9.17, 15) is 86.7 Å². The van der Waals surface area contributed by atoms with Crippen molar-refractivity contribution in [1.29, 1.82) is 0 Å². The molecule has 8 heterocycles. The molecule has 35 heteroatoms. The van der Waals surface area contributed by atoms with Crippen LogP contribution in [0.15, 0.2) is 0 Å². The summed E-state index contributed by atoms with van der Waals surface area (Å²) in [5.41, 5.74) is -0.899. The lowest BCUT2D eigenvalue weighted by atomic mass is 9.70. The van der Waals surface area contributed by atoms with Gasteiger partial charge in [0.05, 0.1) is 19.6 Å². The molecule has 126 heavy (non-hydrogen) atoms. The molecular formula is C91H165F11N16O8. The smallest absolute Gasteiger partial charge is 0.340 e. The van der Waals surface area contributed by atoms with E-state index in [1.807, 2.05) is 28.2 Å². The molecule has 0 N–H and O–H groups in total. The Morgan fingerprint density at radius 1 is 0.349 bits per heavy atom. The second kappa shape index (κ2) is 54.0. The Balaban J connectivity index is 0.000000302. The average molecular weight is 1820 g/mol. The van der Waals surface area contributed by atoms with Gasteiger partial charge >= 0.3 is 6.18 Å². The van der Waals surface area contributed by atoms with Crippen molar-refractivity contribution in [2.75, 3.05) is 214 Å². The number of hydrogen-bond donors (Lipinski definition) is 0. The molecule has 0 aromatic carbocycles. The van der Waals surface area contributed by atoms with E-state index in [4.69, 9.17) is 0 Å². The molecule has 3 saturated carbocycles. The molecule has 0 aromatic heterocycles. The highest BCUT2D eigenvalue weighted by Gasteiger charge is 2.50. The predicted molar refractivity (Wildman–Crippen MR) is 475 cm³/mol. The van der Waals surface area contributed by atoms with Gasteiger partial charge < -0.3 is 78.4 Å². The molecular weight excluding hydrogens is 1650 g/mol. The maximum atomic E-state index is 13.6. The van der Waals surface area contributed by atoms with Gasteiger partial charge in [-0.1, -0.05) is 13.3 Å². The third-order valence-corrected chi connectivity index (χ3v) is 26.9. The van der Waals surface area contributed by atoms with Crippen LogP contribution >= 0.6 is 0 Å². The summed E-state index contributed by atoms with van der Waals surface area (Å²) >= 11 is 0. The largest absolute Gasteiger partial charge is 0.406 e. The summed E-state index contributed by atoms with van der Waals surface area (Å²) in [5, 5.41) is 0. The molecule has 0 aromatic rings. The summed E-state index contributed by atoms with van der Waals surface area (Å²) in [5.74, 6) is -5.07. The van der Waals surface area contributed by atoms with Gasteiger partial charge in [-0.05, 0) is 315 Å². The van der Waals surface area contributed by atoms with Gasteiger partial charge in [-0.2, -0.15) is 13.2 Å². The van der Waals surface area contributed by atoms with Crippen LogP contribution in [-0.4, -0.2) is 424 Å². The van der Waals surface area contributed by atoms with Crippen LogP contribution in [0.2, 0.25) is 0 Å². The zero-order valence-corrected chi connectivity index (χ0v) is 80.7. The Morgan fingerprint density at radius 3 is 0.841 bits per heavy atom. The maximum absolute atomic E-state index is 13.6. The number of carbonyl (C=O) groups excluding carboxylic acids is 8. The Hall–Kier alpha value is -5.33. The first-order chi connectivity index (χ1) is 58.6. The fourth-order valence-corrected chi connectivity index (χ4v) is 18.8. The third kappa shape index (κ3) is 43.4. The molecule has 11 rings (SSSR count). The number of alkyl halides is 11. The van der Waals surface area contributed by atoms with E-state index < -0.39 is 62.3 Å². The van der Waals surface area contributed by atoms with Crippen LogP contribution < -0.4 is 0 Å². The zero-order chi connectivity index (χ0) is 94.9. The topological polar surface area (TPSA) is 188 Å². The van der Waals surface area contributed by atoms with Crippen molar-refractivity contribution in [2.24, 2.45) is 11.3 Å². The minimum absolute atomic E-state index is 0.00259. The van der Waals surface area contributed by atoms with E-state index in [0.717, 1.165) is 225 Å². The number of rotatable bonds is 22. The highest BCUT2D eigenvalue weighted by Crippen LogP contribution is 2.43. The fourth-order valence-electron chi connectivity index (χ4n) is 18.8. The van der Waals surface area contributed by atoms with Crippen LogP contribution in [0.1, 0.15) is 231 Å². The fraction of sp³-hybridized carbons (Fsp3) is 0.912. The van der Waals surface area contributed by atoms with Gasteiger partial charge in [0.1, 0.15) is 18.9 Å². The minimum Gasteiger partial charge on any atom is -0.340 e. The number of halogens is 11. The molecule has 0 radical (unpaired) electrons. The minimum atomic E-state index is -4.31. The van der Waals surface area contributed by atoms with E-state index in [2.05, 4.69) is 84.1 Å². The third-order valence-electron chi connectivity index (χ3n) is 26.9. The van der Waals surface area contributed by atoms with E-state index in [0.29, 0.717) is 30.3 Å². The summed E-state index contributed by atoms with van der Waals surface area (Å²) in [4.78, 5) is 122. The van der Waals surface area contributed by atoms with Crippen LogP contribution in [-0.2, 0) is 38.4 Å². The van der Waals surface area contributed by atoms with Crippen LogP contribution in [0, 0.1) is 11.3 Å². The van der Waals surface area contributed by atoms with Gasteiger partial charge in [-0.3, -0.25) is 38.4 Å². The molecule has 24 nitrogen and oxygen atoms in total. The number of piperidine rings is 8. The summed E-state index contributed by atoms with van der Waals surface area (Å²) < 4.78 is 139. The Bertz CT molecular complexity index is 3020. The van der Waals surface area contributed by atoms with Crippen molar-refractivity contribution in [2.45, 2.75) is 315 Å². The van der Waals surface area contributed by atoms with Crippen molar-refractivity contribution in [3.05, 3.63) is 0 Å². The summed E-state index contributed by atoms with van der Waals surface area (Å²) in [7, 11) is 16.5. The van der Waals surface area contributed by atoms with Crippen molar-refractivity contribution >= 4 is 47.3 Å². The standard InChI is InChI=1S/C14H26N2O.C12H20F2N2O.C12H23FN2O.C12H22N2O.C11H20F2N2O.C10H17F3N2O.C10H18F2N2O.C10H19FN2O/c1-12(17)16(11-14(2)7-4-8-14)13-5-9-15(3)10-6-13;1-9(17)16(11-7-12(13,14)8-11)10-3-5-15(2)6-4-10;1-10(16)15(9-12(2,3)13)11-5-7-14(4)8-6-11;1-10(15)14(9-11-3-4-11)12-5-7-13(2)8-6-12;1-9(16)15(8-11(2,12)13)10-4-6-14(3)7-5-10;1-8(16)15(7-10(11,12)13)9-3-5-14(2)6-4-9;1-8(15)14(7-10(11)12)9-3-5-13(2)6-4-9;1-9(14)13(8-5-11)10-3-6-12(2)7-4-10/h13H,4-11H2,1-3H3;10-11H,3-8H2,1-2H3;11H,5-9H2,1-4H3;11-12H,3-9H2,1-2H3;10H,4-8H2,1-3H3;9H,3-7H2,1-2H3;9-10H,3-7H2,1-2H3;10H,3-8H2,1-2H3. The number of carbonyl (C=O) groups is 8. The molecule has 0 atom stereocenters. The highest BCUT2D eigenvalue weighted by atomic mass is 19.4. The predicted octanol–water partition coefficient (Wildman–Crippen LogP) is 12.0. The lowest BCUT2D eigenvalue weighted by Crippen LogP contribution is -2.57. The van der Waals surface area contributed by atoms with Gasteiger partial charge in [-0.25, -0.2) is 35.1 Å². The summed E-state index contributed by atoms with van der Waals surface area (Å²) in [6.07, 6.45) is 14.2. The maximum Gasteiger partial charge on any atom is 0.406 e. The van der Waals surface area contributed by atoms with Gasteiger partial charge in [0.2, 0.25) is 47.3 Å². The first-order valence-electron chi connectivity index (χ1n) is 46.6. The van der Waals surface area contributed by atoms with Crippen LogP contribution in [0.5, 0.6) is 0 Å². The SMILES string of the molecule is CC(=O)N(C1CCN(C)CC1)C1CC(F)(F)C1.CC(=O)N(CC(C)(C)F)C1CCN(C)CC1.CC(=O)N(CC(C)(F)F)C1CCN(C)CC1.CC(=O)N(CC(F)(F)F)C1CCN(C)CC1.CC(=O)N(CC(F)F)C1CCN(C)CC1.CC(=O)N(CC1(C)CCC1)C1CCN(C)CC1.CC(=O)N(CC1CC1)C1CCN(C)CC1.CC(=O)N(CCF)C1CCN(C)CC1. The molecule has 8 saturated heterocycles. The molecule has 0 unspecified atom stereocenters. The average Bonchev–Trinajstić information content (AvgIpc) is 1.06. The molecule has 11 fully saturated rings. The number of likely N-dealkylation sites (tertiary alicyclic amines) is 8. The molecule has 8 amide bonds. The second-order valence-electron chi connectivity index (χ2n) is 39.4. The molecule has 734 valence electrons. The zero-order valence-electron chi connectivity index (χ0n) is 80.7. The molecule has 0 bridgehead atoms. The molecule has 11 aliphatic rings. The monoisotopic (exact) mass is 1820 g/mol. The molecule has 0 spiro atoms. The number of nitrogens with zero attached hydrogens (tertiary/aromatic N) is 16. The first-order valence-corrected chi connectivity index (χ1v) is 46.6. The normalized spacial score (nSPS) is 21.9. The highest BCUT2D eigenvalue weighted by molar-refractivity contribution is 5.77. The van der Waals surface area contributed by atoms with E-state index in [1.165, 1.54) is 97.3 Å². The number of amides is 8. The van der Waals surface area contributed by atoms with Gasteiger partial charge in [0.15, 0.2) is 0 Å². The van der Waals surface area contributed by atoms with Crippen LogP contribution in [0.3, 0.4) is 0 Å². The van der Waals surface area contributed by atoms with Gasteiger partial charge in [0, 0.05) is 149 Å². The van der Waals surface area contributed by atoms with E-state index in [1.54, 1.807) is 28.5 Å². The quantitative estimate of drug-likeness (QED) is 0.0930. The van der Waals surface area contributed by atoms with Crippen molar-refractivity contribution in [3.63, 3.8) is 0 Å². The Kier molecular flexibility index (Phi) is 48.4. The summed E-state index contributed by atoms with van der Waals surface area (Å²) in [6.45, 7) is 33.5. The second-order valence-corrected chi connectivity index (χ2v) is 39.4. The molecule has 8 aliphatic heterocycles. The lowest BCUT2D eigenvalue weighted by molar-refractivity contribution is -0.166. The Labute approximate surface area is 749 Å². The van der Waals surface area contributed by atoms with Crippen molar-refractivity contribution in [3.8, 4) is 0 Å². The lowest BCUT2D eigenvalue weighted by Gasteiger charge is -2.47. The van der Waals surface area contributed by atoms with E-state index >= 15 is 0 Å². The van der Waals surface area contributed by atoms with Crippen LogP contribution in [0.4, 0.5) is 48.3 Å². The van der Waals surface area contributed by atoms with Crippen LogP contribution in [0.25, 0.3) is 0 Å². The van der Waals surface area contributed by atoms with Crippen molar-refractivity contribution in [1.82, 2.24) is 78.4 Å².